The molecule has 1 aromatic heterocycles. The van der Waals surface area contributed by atoms with Gasteiger partial charge in [-0.15, -0.1) is 0 Å². The number of nitrogens with two attached hydrogens (primary N) is 1. The smallest absolute Gasteiger partial charge is 0.252 e. The predicted octanol–water partition coefficient (Wildman–Crippen LogP) is 3.03. The monoisotopic (exact) mass is 437 g/mol. The number of fused-ring (bicyclic) bond motifs is 1. The van der Waals surface area contributed by atoms with Gasteiger partial charge in [-0.1, -0.05) is 11.8 Å². The van der Waals surface area contributed by atoms with E-state index in [9.17, 15) is 4.79 Å². The van der Waals surface area contributed by atoms with Crippen LogP contribution in [0.2, 0.25) is 0 Å². The van der Waals surface area contributed by atoms with Crippen LogP contribution >= 0.6 is 0 Å². The number of ether oxygens (including phenoxy) is 3. The van der Waals surface area contributed by atoms with Gasteiger partial charge in [-0.05, 0) is 58.2 Å². The minimum Gasteiger partial charge on any atom is -0.490 e. The second-order valence-electron chi connectivity index (χ2n) is 8.64. The molecule has 7 nitrogen and oxygen atoms in total. The van der Waals surface area contributed by atoms with Crippen LogP contribution in [0.1, 0.15) is 55.5 Å². The average molecular weight is 438 g/mol. The maximum absolute atomic E-state index is 12.2. The summed E-state index contributed by atoms with van der Waals surface area (Å²) in [5.74, 6) is 7.35. The maximum Gasteiger partial charge on any atom is 0.252 e. The zero-order chi connectivity index (χ0) is 22.5. The van der Waals surface area contributed by atoms with E-state index in [1.807, 2.05) is 19.9 Å². The van der Waals surface area contributed by atoms with E-state index in [-0.39, 0.29) is 12.2 Å². The number of nitrogens with one attached hydrogen (secondary N) is 1. The standard InChI is InChI=1S/C25H31N3O4/c1-16(2)31-23-13-21-20(12-22(23)24(26)29)18(6-5-17-7-10-30-11-8-17)14-28-25(21)32-19-4-3-9-27-15-19/h12-14,16-17,19,27H,3-4,7-11,15H2,1-2H3,(H2,26,29)/t19-/m1/s1. The van der Waals surface area contributed by atoms with Crippen LogP contribution in [0.15, 0.2) is 18.3 Å². The summed E-state index contributed by atoms with van der Waals surface area (Å²) in [7, 11) is 0. The first-order valence-electron chi connectivity index (χ1n) is 11.4. The van der Waals surface area contributed by atoms with Crippen molar-refractivity contribution in [3.8, 4) is 23.5 Å². The van der Waals surface area contributed by atoms with Crippen LogP contribution in [0.4, 0.5) is 0 Å². The molecule has 3 N–H and O–H groups in total. The van der Waals surface area contributed by atoms with Crippen molar-refractivity contribution in [2.75, 3.05) is 26.3 Å². The Kier molecular flexibility index (Phi) is 7.13. The SMILES string of the molecule is CC(C)Oc1cc2c(O[C@@H]3CCCNC3)ncc(C#CC3CCOCC3)c2cc1C(N)=O. The van der Waals surface area contributed by atoms with Gasteiger partial charge in [0.25, 0.3) is 5.91 Å². The topological polar surface area (TPSA) is 95.7 Å². The molecule has 0 radical (unpaired) electrons. The number of amides is 1. The Morgan fingerprint density at radius 3 is 2.75 bits per heavy atom. The molecule has 0 aliphatic carbocycles. The highest BCUT2D eigenvalue weighted by molar-refractivity contribution is 6.03. The number of carbonyl (C=O) groups excluding carboxylic acids is 1. The van der Waals surface area contributed by atoms with Crippen molar-refractivity contribution >= 4 is 16.7 Å². The van der Waals surface area contributed by atoms with Gasteiger partial charge in [0.2, 0.25) is 5.88 Å². The van der Waals surface area contributed by atoms with E-state index in [1.165, 1.54) is 0 Å². The first-order valence-corrected chi connectivity index (χ1v) is 11.4. The third-order valence-electron chi connectivity index (χ3n) is 5.74. The zero-order valence-electron chi connectivity index (χ0n) is 18.8. The molecule has 4 rings (SSSR count). The molecule has 170 valence electrons. The summed E-state index contributed by atoms with van der Waals surface area (Å²) in [5.41, 5.74) is 6.77. The molecule has 2 fully saturated rings. The molecular formula is C25H31N3O4. The molecule has 3 heterocycles. The lowest BCUT2D eigenvalue weighted by atomic mass is 9.99. The third-order valence-corrected chi connectivity index (χ3v) is 5.74. The number of carbonyl (C=O) groups is 1. The van der Waals surface area contributed by atoms with E-state index >= 15 is 0 Å². The predicted molar refractivity (Wildman–Crippen MR) is 123 cm³/mol. The van der Waals surface area contributed by atoms with Gasteiger partial charge in [0, 0.05) is 42.6 Å². The van der Waals surface area contributed by atoms with Gasteiger partial charge in [0.15, 0.2) is 0 Å². The fourth-order valence-electron chi connectivity index (χ4n) is 4.08. The van der Waals surface area contributed by atoms with E-state index in [2.05, 4.69) is 22.1 Å². The number of benzene rings is 1. The highest BCUT2D eigenvalue weighted by atomic mass is 16.5. The Bertz CT molecular complexity index is 1030. The minimum atomic E-state index is -0.540. The number of rotatable bonds is 5. The molecule has 0 bridgehead atoms. The van der Waals surface area contributed by atoms with Crippen LogP contribution in [0, 0.1) is 17.8 Å². The van der Waals surface area contributed by atoms with Gasteiger partial charge >= 0.3 is 0 Å². The van der Waals surface area contributed by atoms with Crippen molar-refractivity contribution in [2.45, 2.75) is 51.7 Å². The van der Waals surface area contributed by atoms with E-state index in [0.717, 1.165) is 68.3 Å². The molecule has 1 aromatic carbocycles. The number of hydrogen-bond donors (Lipinski definition) is 2. The van der Waals surface area contributed by atoms with Gasteiger partial charge in [-0.25, -0.2) is 4.98 Å². The van der Waals surface area contributed by atoms with Gasteiger partial charge in [0.1, 0.15) is 11.9 Å². The van der Waals surface area contributed by atoms with E-state index in [1.54, 1.807) is 12.3 Å². The summed E-state index contributed by atoms with van der Waals surface area (Å²) in [6.45, 7) is 7.08. The normalized spacial score (nSPS) is 19.4. The van der Waals surface area contributed by atoms with Crippen molar-refractivity contribution in [3.05, 3.63) is 29.5 Å². The van der Waals surface area contributed by atoms with Crippen LogP contribution in [0.5, 0.6) is 11.6 Å². The number of piperidine rings is 1. The Morgan fingerprint density at radius 1 is 1.25 bits per heavy atom. The zero-order valence-corrected chi connectivity index (χ0v) is 18.8. The van der Waals surface area contributed by atoms with E-state index < -0.39 is 5.91 Å². The molecule has 2 aliphatic heterocycles. The van der Waals surface area contributed by atoms with Crippen LogP contribution < -0.4 is 20.5 Å². The van der Waals surface area contributed by atoms with Crippen molar-refractivity contribution < 1.29 is 19.0 Å². The molecule has 0 unspecified atom stereocenters. The summed E-state index contributed by atoms with van der Waals surface area (Å²) < 4.78 is 17.6. The summed E-state index contributed by atoms with van der Waals surface area (Å²) >= 11 is 0. The molecule has 2 saturated heterocycles. The Hall–Kier alpha value is -2.82. The minimum absolute atomic E-state index is 0.0453. The first kappa shape index (κ1) is 22.4. The van der Waals surface area contributed by atoms with Crippen LogP contribution in [0.25, 0.3) is 10.8 Å². The van der Waals surface area contributed by atoms with Crippen molar-refractivity contribution in [3.63, 3.8) is 0 Å². The van der Waals surface area contributed by atoms with Crippen LogP contribution in [0.3, 0.4) is 0 Å². The Labute approximate surface area is 189 Å². The second-order valence-corrected chi connectivity index (χ2v) is 8.64. The summed E-state index contributed by atoms with van der Waals surface area (Å²) in [4.78, 5) is 16.8. The molecule has 32 heavy (non-hydrogen) atoms. The number of nitrogens with zero attached hydrogens (tertiary/aromatic N) is 1. The second kappa shape index (κ2) is 10.2. The van der Waals surface area contributed by atoms with Gasteiger partial charge in [-0.3, -0.25) is 4.79 Å². The lowest BCUT2D eigenvalue weighted by Gasteiger charge is -2.24. The van der Waals surface area contributed by atoms with Crippen molar-refractivity contribution in [2.24, 2.45) is 11.7 Å². The van der Waals surface area contributed by atoms with Gasteiger partial charge in [-0.2, -0.15) is 0 Å². The van der Waals surface area contributed by atoms with Crippen molar-refractivity contribution in [1.29, 1.82) is 0 Å². The number of pyridine rings is 1. The number of aromatic nitrogens is 1. The average Bonchev–Trinajstić information content (AvgIpc) is 2.79. The summed E-state index contributed by atoms with van der Waals surface area (Å²) in [5, 5.41) is 4.93. The molecule has 1 atom stereocenters. The van der Waals surface area contributed by atoms with E-state index in [4.69, 9.17) is 19.9 Å². The molecule has 2 aliphatic rings. The van der Waals surface area contributed by atoms with Crippen LogP contribution in [-0.4, -0.2) is 49.4 Å². The number of primary amides is 1. The fraction of sp³-hybridized carbons (Fsp3) is 0.520. The highest BCUT2D eigenvalue weighted by Crippen LogP contribution is 2.34. The molecule has 0 saturated carbocycles. The molecule has 1 amide bonds. The lowest BCUT2D eigenvalue weighted by Crippen LogP contribution is -2.37. The Balaban J connectivity index is 1.79. The summed E-state index contributed by atoms with van der Waals surface area (Å²) in [6.07, 6.45) is 5.54. The maximum atomic E-state index is 12.2. The van der Waals surface area contributed by atoms with Crippen molar-refractivity contribution in [1.82, 2.24) is 10.3 Å². The van der Waals surface area contributed by atoms with Gasteiger partial charge < -0.3 is 25.3 Å². The first-order chi connectivity index (χ1) is 15.5. The molecule has 2 aromatic rings. The van der Waals surface area contributed by atoms with E-state index in [0.29, 0.717) is 23.1 Å². The largest absolute Gasteiger partial charge is 0.490 e. The third kappa shape index (κ3) is 5.32. The van der Waals surface area contributed by atoms with Gasteiger partial charge in [0.05, 0.1) is 17.2 Å². The highest BCUT2D eigenvalue weighted by Gasteiger charge is 2.21. The Morgan fingerprint density at radius 2 is 2.06 bits per heavy atom. The fourth-order valence-corrected chi connectivity index (χ4v) is 4.08. The quantitative estimate of drug-likeness (QED) is 0.698. The molecule has 7 heteroatoms. The van der Waals surface area contributed by atoms with Crippen LogP contribution in [-0.2, 0) is 4.74 Å². The number of hydrogen-bond acceptors (Lipinski definition) is 6. The lowest BCUT2D eigenvalue weighted by molar-refractivity contribution is 0.0807. The summed E-state index contributed by atoms with van der Waals surface area (Å²) in [6, 6.07) is 3.57. The molecular weight excluding hydrogens is 406 g/mol. The molecule has 0 spiro atoms.